The molecule has 3 nitrogen and oxygen atoms in total. The fourth-order valence-electron chi connectivity index (χ4n) is 1.92. The standard InChI is InChI=1S/C12H14ClF3N2O/c13-9-5-8(12(14,15)16)6-17-10(9)18-7-11(1-2-11)3-4-19/h5-6,19H,1-4,7H2,(H,17,18). The van der Waals surface area contributed by atoms with Gasteiger partial charge in [-0.2, -0.15) is 13.2 Å². The Hall–Kier alpha value is -1.01. The second kappa shape index (κ2) is 5.17. The van der Waals surface area contributed by atoms with E-state index >= 15 is 0 Å². The van der Waals surface area contributed by atoms with Gasteiger partial charge in [-0.05, 0) is 30.7 Å². The molecule has 106 valence electrons. The van der Waals surface area contributed by atoms with Gasteiger partial charge in [0, 0.05) is 19.3 Å². The molecule has 0 bridgehead atoms. The molecule has 1 saturated carbocycles. The molecular formula is C12H14ClF3N2O. The van der Waals surface area contributed by atoms with Crippen molar-refractivity contribution in [3.05, 3.63) is 22.8 Å². The Morgan fingerprint density at radius 2 is 2.11 bits per heavy atom. The zero-order valence-electron chi connectivity index (χ0n) is 10.1. The molecule has 1 heterocycles. The minimum absolute atomic E-state index is 0.0441. The predicted octanol–water partition coefficient (Wildman–Crippen LogP) is 3.33. The van der Waals surface area contributed by atoms with E-state index in [-0.39, 0.29) is 22.9 Å². The van der Waals surface area contributed by atoms with E-state index in [2.05, 4.69) is 10.3 Å². The van der Waals surface area contributed by atoms with Crippen LogP contribution in [0.3, 0.4) is 0 Å². The van der Waals surface area contributed by atoms with Crippen LogP contribution in [0.1, 0.15) is 24.8 Å². The van der Waals surface area contributed by atoms with Gasteiger partial charge in [0.15, 0.2) is 0 Å². The van der Waals surface area contributed by atoms with Gasteiger partial charge in [0.2, 0.25) is 0 Å². The first-order valence-corrected chi connectivity index (χ1v) is 6.32. The largest absolute Gasteiger partial charge is 0.417 e. The molecule has 0 saturated heterocycles. The maximum absolute atomic E-state index is 12.4. The maximum Gasteiger partial charge on any atom is 0.417 e. The minimum atomic E-state index is -4.44. The van der Waals surface area contributed by atoms with Crippen molar-refractivity contribution < 1.29 is 18.3 Å². The highest BCUT2D eigenvalue weighted by Gasteiger charge is 2.41. The van der Waals surface area contributed by atoms with E-state index < -0.39 is 11.7 Å². The number of hydrogen-bond acceptors (Lipinski definition) is 3. The van der Waals surface area contributed by atoms with E-state index in [1.165, 1.54) is 0 Å². The number of aromatic nitrogens is 1. The van der Waals surface area contributed by atoms with E-state index in [4.69, 9.17) is 16.7 Å². The summed E-state index contributed by atoms with van der Waals surface area (Å²) in [7, 11) is 0. The molecule has 2 N–H and O–H groups in total. The third-order valence-electron chi connectivity index (χ3n) is 3.40. The second-order valence-corrected chi connectivity index (χ2v) is 5.29. The van der Waals surface area contributed by atoms with E-state index in [0.717, 1.165) is 25.1 Å². The summed E-state index contributed by atoms with van der Waals surface area (Å²) in [4.78, 5) is 3.71. The Labute approximate surface area is 113 Å². The highest BCUT2D eigenvalue weighted by molar-refractivity contribution is 6.32. The van der Waals surface area contributed by atoms with Gasteiger partial charge in [-0.1, -0.05) is 11.6 Å². The number of rotatable bonds is 5. The summed E-state index contributed by atoms with van der Waals surface area (Å²) in [6, 6.07) is 0.864. The number of anilines is 1. The molecule has 0 atom stereocenters. The molecule has 7 heteroatoms. The number of pyridine rings is 1. The quantitative estimate of drug-likeness (QED) is 0.875. The normalized spacial score (nSPS) is 17.3. The Bertz CT molecular complexity index is 461. The van der Waals surface area contributed by atoms with Gasteiger partial charge < -0.3 is 10.4 Å². The molecule has 1 aromatic heterocycles. The third kappa shape index (κ3) is 3.51. The summed E-state index contributed by atoms with van der Waals surface area (Å²) >= 11 is 5.79. The molecule has 0 amide bonds. The first-order valence-electron chi connectivity index (χ1n) is 5.94. The molecule has 2 rings (SSSR count). The maximum atomic E-state index is 12.4. The zero-order valence-corrected chi connectivity index (χ0v) is 10.9. The first kappa shape index (κ1) is 14.4. The van der Waals surface area contributed by atoms with E-state index in [1.54, 1.807) is 0 Å². The van der Waals surface area contributed by atoms with Crippen molar-refractivity contribution in [3.63, 3.8) is 0 Å². The van der Waals surface area contributed by atoms with Crippen LogP contribution >= 0.6 is 11.6 Å². The lowest BCUT2D eigenvalue weighted by Crippen LogP contribution is -2.18. The van der Waals surface area contributed by atoms with Crippen molar-refractivity contribution in [3.8, 4) is 0 Å². The zero-order chi connectivity index (χ0) is 14.1. The summed E-state index contributed by atoms with van der Waals surface area (Å²) in [5.74, 6) is 0.249. The fourth-order valence-corrected chi connectivity index (χ4v) is 2.16. The lowest BCUT2D eigenvalue weighted by atomic mass is 10.0. The van der Waals surface area contributed by atoms with Gasteiger partial charge >= 0.3 is 6.18 Å². The van der Waals surface area contributed by atoms with Gasteiger partial charge in [0.25, 0.3) is 0 Å². The average molecular weight is 295 g/mol. The van der Waals surface area contributed by atoms with E-state index in [0.29, 0.717) is 13.0 Å². The number of hydrogen-bond donors (Lipinski definition) is 2. The highest BCUT2D eigenvalue weighted by atomic mass is 35.5. The Kier molecular flexibility index (Phi) is 3.92. The third-order valence-corrected chi connectivity index (χ3v) is 3.69. The van der Waals surface area contributed by atoms with Gasteiger partial charge in [0.1, 0.15) is 5.82 Å². The van der Waals surface area contributed by atoms with E-state index in [1.807, 2.05) is 0 Å². The number of halogens is 4. The Morgan fingerprint density at radius 1 is 1.42 bits per heavy atom. The summed E-state index contributed by atoms with van der Waals surface area (Å²) in [6.07, 6.45) is -1.00. The topological polar surface area (TPSA) is 45.1 Å². The number of alkyl halides is 3. The first-order chi connectivity index (χ1) is 8.86. The average Bonchev–Trinajstić information content (AvgIpc) is 3.07. The molecule has 19 heavy (non-hydrogen) atoms. The summed E-state index contributed by atoms with van der Waals surface area (Å²) < 4.78 is 37.3. The number of nitrogens with zero attached hydrogens (tertiary/aromatic N) is 1. The monoisotopic (exact) mass is 294 g/mol. The molecular weight excluding hydrogens is 281 g/mol. The molecule has 0 aromatic carbocycles. The van der Waals surface area contributed by atoms with Crippen LogP contribution in [-0.2, 0) is 6.18 Å². The fraction of sp³-hybridized carbons (Fsp3) is 0.583. The Morgan fingerprint density at radius 3 is 2.58 bits per heavy atom. The van der Waals surface area contributed by atoms with Crippen molar-refractivity contribution in [1.29, 1.82) is 0 Å². The van der Waals surface area contributed by atoms with Crippen LogP contribution in [0.25, 0.3) is 0 Å². The van der Waals surface area contributed by atoms with Gasteiger partial charge in [-0.3, -0.25) is 0 Å². The SMILES string of the molecule is OCCC1(CNc2ncc(C(F)(F)F)cc2Cl)CC1. The Balaban J connectivity index is 2.02. The molecule has 0 unspecified atom stereocenters. The number of aliphatic hydroxyl groups is 1. The van der Waals surface area contributed by atoms with Gasteiger partial charge in [-0.25, -0.2) is 4.98 Å². The van der Waals surface area contributed by atoms with Crippen LogP contribution in [-0.4, -0.2) is 23.2 Å². The lowest BCUT2D eigenvalue weighted by molar-refractivity contribution is -0.137. The molecule has 1 aliphatic rings. The molecule has 0 spiro atoms. The van der Waals surface area contributed by atoms with Crippen LogP contribution < -0.4 is 5.32 Å². The molecule has 1 aliphatic carbocycles. The molecule has 1 aromatic rings. The molecule has 1 fully saturated rings. The number of aliphatic hydroxyl groups excluding tert-OH is 1. The summed E-state index contributed by atoms with van der Waals surface area (Å²) in [6.45, 7) is 0.668. The van der Waals surface area contributed by atoms with Crippen LogP contribution in [0.2, 0.25) is 5.02 Å². The highest BCUT2D eigenvalue weighted by Crippen LogP contribution is 2.48. The van der Waals surface area contributed by atoms with Crippen LogP contribution in [0.5, 0.6) is 0 Å². The van der Waals surface area contributed by atoms with E-state index in [9.17, 15) is 13.2 Å². The predicted molar refractivity (Wildman–Crippen MR) is 66.1 cm³/mol. The van der Waals surface area contributed by atoms with Crippen LogP contribution in [0.4, 0.5) is 19.0 Å². The van der Waals surface area contributed by atoms with Gasteiger partial charge in [-0.15, -0.1) is 0 Å². The van der Waals surface area contributed by atoms with Crippen molar-refractivity contribution in [2.75, 3.05) is 18.5 Å². The van der Waals surface area contributed by atoms with Crippen LogP contribution in [0, 0.1) is 5.41 Å². The lowest BCUT2D eigenvalue weighted by Gasteiger charge is -2.16. The van der Waals surface area contributed by atoms with Crippen molar-refractivity contribution in [2.24, 2.45) is 5.41 Å². The minimum Gasteiger partial charge on any atom is -0.396 e. The van der Waals surface area contributed by atoms with Gasteiger partial charge in [0.05, 0.1) is 10.6 Å². The van der Waals surface area contributed by atoms with Crippen molar-refractivity contribution in [2.45, 2.75) is 25.4 Å². The molecule has 0 radical (unpaired) electrons. The summed E-state index contributed by atoms with van der Waals surface area (Å²) in [5.41, 5.74) is -0.817. The summed E-state index contributed by atoms with van der Waals surface area (Å²) in [5, 5.41) is 11.8. The van der Waals surface area contributed by atoms with Crippen LogP contribution in [0.15, 0.2) is 12.3 Å². The van der Waals surface area contributed by atoms with Crippen molar-refractivity contribution in [1.82, 2.24) is 4.98 Å². The number of nitrogens with one attached hydrogen (secondary N) is 1. The molecule has 0 aliphatic heterocycles. The van der Waals surface area contributed by atoms with Crippen molar-refractivity contribution >= 4 is 17.4 Å². The second-order valence-electron chi connectivity index (χ2n) is 4.88. The smallest absolute Gasteiger partial charge is 0.396 e.